The van der Waals surface area contributed by atoms with Crippen LogP contribution < -0.4 is 10.1 Å². The number of sulfonamides is 1. The number of ether oxygens (including phenoxy) is 1. The Morgan fingerprint density at radius 1 is 1.06 bits per heavy atom. The van der Waals surface area contributed by atoms with Crippen molar-refractivity contribution < 1.29 is 17.9 Å². The molecule has 0 aliphatic carbocycles. The minimum atomic E-state index is -3.52. The standard InChI is InChI=1S/C23H31N3O4S/c1-17(2)21-10-5-18(3)15-22(21)30-16-23(27)24-19-6-8-20(9-7-19)31(28,29)26-13-11-25(4)12-14-26/h5-10,15,17H,11-14,16H2,1-4H3,(H,24,27). The van der Waals surface area contributed by atoms with Crippen LogP contribution in [0.1, 0.15) is 30.9 Å². The van der Waals surface area contributed by atoms with Gasteiger partial charge in [0.1, 0.15) is 5.75 Å². The fraction of sp³-hybridized carbons (Fsp3) is 0.435. The summed E-state index contributed by atoms with van der Waals surface area (Å²) >= 11 is 0. The maximum atomic E-state index is 12.8. The molecule has 1 saturated heterocycles. The van der Waals surface area contributed by atoms with E-state index in [1.807, 2.05) is 32.2 Å². The molecule has 0 bridgehead atoms. The minimum absolute atomic E-state index is 0.121. The average molecular weight is 446 g/mol. The van der Waals surface area contributed by atoms with Gasteiger partial charge in [0.2, 0.25) is 10.0 Å². The molecule has 0 spiro atoms. The summed E-state index contributed by atoms with van der Waals surface area (Å²) in [7, 11) is -1.54. The molecule has 1 heterocycles. The Labute approximate surface area is 185 Å². The smallest absolute Gasteiger partial charge is 0.262 e. The Morgan fingerprint density at radius 3 is 2.32 bits per heavy atom. The van der Waals surface area contributed by atoms with Crippen LogP contribution in [0, 0.1) is 6.92 Å². The van der Waals surface area contributed by atoms with Crippen molar-refractivity contribution in [3.8, 4) is 5.75 Å². The van der Waals surface area contributed by atoms with E-state index in [9.17, 15) is 13.2 Å². The van der Waals surface area contributed by atoms with Crippen molar-refractivity contribution >= 4 is 21.6 Å². The molecular weight excluding hydrogens is 414 g/mol. The van der Waals surface area contributed by atoms with Gasteiger partial charge in [-0.3, -0.25) is 4.79 Å². The highest BCUT2D eigenvalue weighted by Gasteiger charge is 2.27. The molecule has 8 heteroatoms. The van der Waals surface area contributed by atoms with Crippen LogP contribution in [0.15, 0.2) is 47.4 Å². The first-order valence-corrected chi connectivity index (χ1v) is 11.9. The highest BCUT2D eigenvalue weighted by atomic mass is 32.2. The van der Waals surface area contributed by atoms with Gasteiger partial charge >= 0.3 is 0 Å². The number of amides is 1. The summed E-state index contributed by atoms with van der Waals surface area (Å²) in [5.41, 5.74) is 2.65. The Balaban J connectivity index is 1.60. The fourth-order valence-corrected chi connectivity index (χ4v) is 4.89. The summed E-state index contributed by atoms with van der Waals surface area (Å²) in [6, 6.07) is 12.2. The van der Waals surface area contributed by atoms with Crippen molar-refractivity contribution in [2.45, 2.75) is 31.6 Å². The van der Waals surface area contributed by atoms with Gasteiger partial charge in [-0.2, -0.15) is 4.31 Å². The largest absolute Gasteiger partial charge is 0.483 e. The number of aryl methyl sites for hydroxylation is 1. The van der Waals surface area contributed by atoms with Gasteiger partial charge in [-0.25, -0.2) is 8.42 Å². The highest BCUT2D eigenvalue weighted by Crippen LogP contribution is 2.27. The molecule has 1 fully saturated rings. The first kappa shape index (κ1) is 23.2. The predicted molar refractivity (Wildman–Crippen MR) is 122 cm³/mol. The second-order valence-electron chi connectivity index (χ2n) is 8.26. The van der Waals surface area contributed by atoms with Crippen LogP contribution in [0.4, 0.5) is 5.69 Å². The van der Waals surface area contributed by atoms with Crippen molar-refractivity contribution in [3.63, 3.8) is 0 Å². The SMILES string of the molecule is Cc1ccc(C(C)C)c(OCC(=O)Nc2ccc(S(=O)(=O)N3CCN(C)CC3)cc2)c1. The molecule has 7 nitrogen and oxygen atoms in total. The van der Waals surface area contributed by atoms with Crippen molar-refractivity contribution in [1.82, 2.24) is 9.21 Å². The van der Waals surface area contributed by atoms with Gasteiger partial charge in [-0.1, -0.05) is 26.0 Å². The Kier molecular flexibility index (Phi) is 7.35. The number of benzene rings is 2. The van der Waals surface area contributed by atoms with Gasteiger partial charge in [-0.05, 0) is 61.3 Å². The van der Waals surface area contributed by atoms with E-state index in [1.54, 1.807) is 12.1 Å². The number of nitrogens with zero attached hydrogens (tertiary/aromatic N) is 2. The maximum Gasteiger partial charge on any atom is 0.262 e. The Hall–Kier alpha value is -2.42. The maximum absolute atomic E-state index is 12.8. The number of rotatable bonds is 7. The van der Waals surface area contributed by atoms with Crippen molar-refractivity contribution in [3.05, 3.63) is 53.6 Å². The zero-order chi connectivity index (χ0) is 22.6. The number of carbonyl (C=O) groups is 1. The number of hydrogen-bond acceptors (Lipinski definition) is 5. The van der Waals surface area contributed by atoms with E-state index in [1.165, 1.54) is 16.4 Å². The van der Waals surface area contributed by atoms with Crippen LogP contribution in [-0.4, -0.2) is 63.4 Å². The van der Waals surface area contributed by atoms with E-state index in [2.05, 4.69) is 24.1 Å². The van der Waals surface area contributed by atoms with Crippen LogP contribution in [0.5, 0.6) is 5.75 Å². The molecule has 31 heavy (non-hydrogen) atoms. The molecule has 2 aromatic rings. The van der Waals surface area contributed by atoms with Crippen LogP contribution in [0.25, 0.3) is 0 Å². The monoisotopic (exact) mass is 445 g/mol. The van der Waals surface area contributed by atoms with Crippen LogP contribution in [0.3, 0.4) is 0 Å². The molecule has 168 valence electrons. The third-order valence-corrected chi connectivity index (χ3v) is 7.30. The quantitative estimate of drug-likeness (QED) is 0.709. The topological polar surface area (TPSA) is 78.9 Å². The predicted octanol–water partition coefficient (Wildman–Crippen LogP) is 3.07. The van der Waals surface area contributed by atoms with Gasteiger partial charge in [0.25, 0.3) is 5.91 Å². The molecular formula is C23H31N3O4S. The molecule has 1 N–H and O–H groups in total. The highest BCUT2D eigenvalue weighted by molar-refractivity contribution is 7.89. The van der Waals surface area contributed by atoms with Crippen molar-refractivity contribution in [2.24, 2.45) is 0 Å². The van der Waals surface area contributed by atoms with E-state index in [-0.39, 0.29) is 23.3 Å². The number of piperazine rings is 1. The summed E-state index contributed by atoms with van der Waals surface area (Å²) in [5, 5.41) is 2.76. The first-order valence-electron chi connectivity index (χ1n) is 10.5. The molecule has 0 atom stereocenters. The second kappa shape index (κ2) is 9.80. The summed E-state index contributed by atoms with van der Waals surface area (Å²) in [6.45, 7) is 8.40. The molecule has 0 aromatic heterocycles. The van der Waals surface area contributed by atoms with Crippen LogP contribution in [-0.2, 0) is 14.8 Å². The van der Waals surface area contributed by atoms with E-state index in [0.29, 0.717) is 37.6 Å². The Morgan fingerprint density at radius 2 is 1.71 bits per heavy atom. The summed E-state index contributed by atoms with van der Waals surface area (Å²) in [5.74, 6) is 0.693. The zero-order valence-corrected chi connectivity index (χ0v) is 19.4. The van der Waals surface area contributed by atoms with E-state index in [0.717, 1.165) is 11.1 Å². The van der Waals surface area contributed by atoms with Gasteiger partial charge in [0.15, 0.2) is 6.61 Å². The number of hydrogen-bond donors (Lipinski definition) is 1. The second-order valence-corrected chi connectivity index (χ2v) is 10.2. The third kappa shape index (κ3) is 5.84. The van der Waals surface area contributed by atoms with Gasteiger partial charge in [0.05, 0.1) is 4.90 Å². The summed E-state index contributed by atoms with van der Waals surface area (Å²) in [4.78, 5) is 14.7. The molecule has 1 amide bonds. The minimum Gasteiger partial charge on any atom is -0.483 e. The fourth-order valence-electron chi connectivity index (χ4n) is 3.47. The zero-order valence-electron chi connectivity index (χ0n) is 18.6. The number of carbonyl (C=O) groups excluding carboxylic acids is 1. The lowest BCUT2D eigenvalue weighted by atomic mass is 10.0. The molecule has 3 rings (SSSR count). The number of likely N-dealkylation sites (N-methyl/N-ethyl adjacent to an activating group) is 1. The van der Waals surface area contributed by atoms with Gasteiger partial charge < -0.3 is 15.0 Å². The molecule has 1 aliphatic heterocycles. The van der Waals surface area contributed by atoms with Crippen molar-refractivity contribution in [1.29, 1.82) is 0 Å². The summed E-state index contributed by atoms with van der Waals surface area (Å²) < 4.78 is 32.9. The Bertz CT molecular complexity index is 1010. The van der Waals surface area contributed by atoms with E-state index in [4.69, 9.17) is 4.74 Å². The molecule has 0 radical (unpaired) electrons. The van der Waals surface area contributed by atoms with Crippen molar-refractivity contribution in [2.75, 3.05) is 45.2 Å². The van der Waals surface area contributed by atoms with Crippen LogP contribution >= 0.6 is 0 Å². The third-order valence-electron chi connectivity index (χ3n) is 5.39. The van der Waals surface area contributed by atoms with E-state index >= 15 is 0 Å². The number of nitrogens with one attached hydrogen (secondary N) is 1. The molecule has 1 aliphatic rings. The molecule has 2 aromatic carbocycles. The van der Waals surface area contributed by atoms with Gasteiger partial charge in [-0.15, -0.1) is 0 Å². The van der Waals surface area contributed by atoms with Gasteiger partial charge in [0, 0.05) is 31.9 Å². The normalized spacial score (nSPS) is 15.8. The number of anilines is 1. The lowest BCUT2D eigenvalue weighted by Gasteiger charge is -2.31. The molecule has 0 unspecified atom stereocenters. The lowest BCUT2D eigenvalue weighted by molar-refractivity contribution is -0.118. The lowest BCUT2D eigenvalue weighted by Crippen LogP contribution is -2.46. The van der Waals surface area contributed by atoms with Crippen LogP contribution in [0.2, 0.25) is 0 Å². The van der Waals surface area contributed by atoms with E-state index < -0.39 is 10.0 Å². The summed E-state index contributed by atoms with van der Waals surface area (Å²) in [6.07, 6.45) is 0. The molecule has 0 saturated carbocycles. The average Bonchev–Trinajstić information content (AvgIpc) is 2.73. The first-order chi connectivity index (χ1) is 14.7.